The number of fused-ring (bicyclic) bond motifs is 3. The minimum Gasteiger partial charge on any atom is -0.490 e. The zero-order valence-electron chi connectivity index (χ0n) is 28.2. The van der Waals surface area contributed by atoms with Crippen molar-refractivity contribution in [2.45, 2.75) is 59.2 Å². The maximum Gasteiger partial charge on any atom is 0.337 e. The summed E-state index contributed by atoms with van der Waals surface area (Å²) < 4.78 is 31.7. The molecule has 0 unspecified atom stereocenters. The van der Waals surface area contributed by atoms with Gasteiger partial charge in [0.2, 0.25) is 0 Å². The number of carboxylic acid groups (broad SMARTS) is 1. The largest absolute Gasteiger partial charge is 0.490 e. The van der Waals surface area contributed by atoms with Gasteiger partial charge in [-0.05, 0) is 95.0 Å². The number of carboxylic acids is 1. The molecule has 246 valence electrons. The highest BCUT2D eigenvalue weighted by atomic mass is 19.1. The quantitative estimate of drug-likeness (QED) is 0.196. The molecule has 10 heteroatoms. The van der Waals surface area contributed by atoms with Crippen LogP contribution in [0.4, 0.5) is 4.39 Å². The molecular formula is C38H38FN5O4. The number of rotatable bonds is 6. The van der Waals surface area contributed by atoms with Crippen molar-refractivity contribution in [3.05, 3.63) is 83.2 Å². The lowest BCUT2D eigenvalue weighted by Gasteiger charge is -2.29. The van der Waals surface area contributed by atoms with Crippen LogP contribution in [0.15, 0.2) is 55.0 Å². The fourth-order valence-corrected chi connectivity index (χ4v) is 6.89. The van der Waals surface area contributed by atoms with Crippen molar-refractivity contribution in [3.63, 3.8) is 0 Å². The van der Waals surface area contributed by atoms with Crippen LogP contribution in [0.5, 0.6) is 5.75 Å². The Morgan fingerprint density at radius 1 is 1.06 bits per heavy atom. The zero-order chi connectivity index (χ0) is 34.1. The molecule has 0 radical (unpaired) electrons. The summed E-state index contributed by atoms with van der Waals surface area (Å²) in [4.78, 5) is 27.1. The fraction of sp³-hybridized carbons (Fsp3) is 0.316. The second-order valence-electron chi connectivity index (χ2n) is 13.5. The Kier molecular flexibility index (Phi) is 7.58. The predicted octanol–water partition coefficient (Wildman–Crippen LogP) is 7.88. The maximum atomic E-state index is 15.8. The summed E-state index contributed by atoms with van der Waals surface area (Å²) in [6.07, 6.45) is 3.66. The summed E-state index contributed by atoms with van der Waals surface area (Å²) in [6.45, 7) is 9.65. The minimum atomic E-state index is -1.34. The van der Waals surface area contributed by atoms with Crippen LogP contribution in [0.25, 0.3) is 55.7 Å². The number of carbonyl (C=O) groups is 1. The number of halogens is 1. The lowest BCUT2D eigenvalue weighted by atomic mass is 9.86. The second-order valence-corrected chi connectivity index (χ2v) is 13.5. The highest BCUT2D eigenvalue weighted by Crippen LogP contribution is 2.45. The number of hydrogen-bond acceptors (Lipinski definition) is 6. The minimum absolute atomic E-state index is 0.272. The van der Waals surface area contributed by atoms with E-state index in [1.165, 1.54) is 6.07 Å². The smallest absolute Gasteiger partial charge is 0.337 e. The summed E-state index contributed by atoms with van der Waals surface area (Å²) in [7, 11) is 3.90. The second kappa shape index (κ2) is 11.6. The van der Waals surface area contributed by atoms with E-state index in [0.29, 0.717) is 46.4 Å². The molecule has 48 heavy (non-hydrogen) atoms. The van der Waals surface area contributed by atoms with Gasteiger partial charge in [-0.1, -0.05) is 6.07 Å². The van der Waals surface area contributed by atoms with Crippen LogP contribution in [0.2, 0.25) is 0 Å². The van der Waals surface area contributed by atoms with Crippen LogP contribution in [-0.4, -0.2) is 47.4 Å². The SMILES string of the molecule is Cc1nc2c(cc(-c3ccnc(-c4ccc5c(c4)ncn5C)c3)n2C)c(-c2cc(F)c3c(c2C)CCCO3)c1[C@H](OC(C)(C)C)C(=O)O. The van der Waals surface area contributed by atoms with Gasteiger partial charge in [-0.15, -0.1) is 0 Å². The lowest BCUT2D eigenvalue weighted by molar-refractivity contribution is -0.160. The summed E-state index contributed by atoms with van der Waals surface area (Å²) in [5.74, 6) is -1.34. The molecule has 2 aromatic carbocycles. The molecule has 1 atom stereocenters. The van der Waals surface area contributed by atoms with Gasteiger partial charge in [0.25, 0.3) is 0 Å². The summed E-state index contributed by atoms with van der Waals surface area (Å²) in [5.41, 5.74) is 8.98. The van der Waals surface area contributed by atoms with E-state index in [1.54, 1.807) is 19.4 Å². The fourth-order valence-electron chi connectivity index (χ4n) is 6.89. The first kappa shape index (κ1) is 31.5. The molecule has 6 aromatic rings. The maximum absolute atomic E-state index is 15.8. The lowest BCUT2D eigenvalue weighted by Crippen LogP contribution is -2.28. The number of nitrogens with zero attached hydrogens (tertiary/aromatic N) is 5. The molecule has 0 saturated heterocycles. The Bertz CT molecular complexity index is 2260. The number of benzene rings is 2. The first-order chi connectivity index (χ1) is 22.8. The molecule has 0 amide bonds. The molecule has 5 heterocycles. The van der Waals surface area contributed by atoms with Gasteiger partial charge < -0.3 is 23.7 Å². The van der Waals surface area contributed by atoms with Crippen molar-refractivity contribution in [1.82, 2.24) is 24.1 Å². The van der Waals surface area contributed by atoms with E-state index in [-0.39, 0.29) is 5.75 Å². The molecule has 0 aliphatic carbocycles. The molecule has 0 bridgehead atoms. The van der Waals surface area contributed by atoms with Gasteiger partial charge in [0.05, 0.1) is 41.0 Å². The third-order valence-corrected chi connectivity index (χ3v) is 9.14. The molecule has 1 aliphatic rings. The van der Waals surface area contributed by atoms with Crippen LogP contribution >= 0.6 is 0 Å². The van der Waals surface area contributed by atoms with Crippen molar-refractivity contribution >= 4 is 28.0 Å². The number of aryl methyl sites for hydroxylation is 3. The van der Waals surface area contributed by atoms with Gasteiger partial charge in [-0.2, -0.15) is 0 Å². The number of hydrogen-bond donors (Lipinski definition) is 1. The molecule has 1 N–H and O–H groups in total. The van der Waals surface area contributed by atoms with Crippen molar-refractivity contribution in [2.24, 2.45) is 14.1 Å². The molecule has 0 fully saturated rings. The Balaban J connectivity index is 1.48. The number of aliphatic carboxylic acids is 1. The van der Waals surface area contributed by atoms with Gasteiger partial charge in [0, 0.05) is 59.2 Å². The summed E-state index contributed by atoms with van der Waals surface area (Å²) in [6, 6.07) is 13.5. The third-order valence-electron chi connectivity index (χ3n) is 9.14. The summed E-state index contributed by atoms with van der Waals surface area (Å²) in [5, 5.41) is 11.3. The number of aromatic nitrogens is 5. The topological polar surface area (TPSA) is 104 Å². The average molecular weight is 648 g/mol. The van der Waals surface area contributed by atoms with E-state index in [1.807, 2.05) is 87.3 Å². The highest BCUT2D eigenvalue weighted by Gasteiger charge is 2.34. The van der Waals surface area contributed by atoms with E-state index >= 15 is 4.39 Å². The van der Waals surface area contributed by atoms with Crippen molar-refractivity contribution in [2.75, 3.05) is 6.61 Å². The number of ether oxygens (including phenoxy) is 2. The van der Waals surface area contributed by atoms with E-state index in [0.717, 1.165) is 51.1 Å². The standard InChI is InChI=1S/C38H38FN5O4/c1-20-24-9-8-14-47-34(24)27(39)17-25(20)33-26-18-31(44(7)36(26)42-21(2)32(33)35(37(45)46)48-38(3,4)5)23-12-13-40-28(16-23)22-10-11-30-29(15-22)41-19-43(30)6/h10-13,15-19,35H,8-9,14H2,1-7H3,(H,45,46)/t35-/m0/s1. The van der Waals surface area contributed by atoms with Gasteiger partial charge in [0.15, 0.2) is 17.7 Å². The molecule has 4 aromatic heterocycles. The van der Waals surface area contributed by atoms with Crippen molar-refractivity contribution in [3.8, 4) is 39.4 Å². The van der Waals surface area contributed by atoms with Crippen LogP contribution in [0.3, 0.4) is 0 Å². The van der Waals surface area contributed by atoms with E-state index < -0.39 is 23.5 Å². The van der Waals surface area contributed by atoms with E-state index in [9.17, 15) is 9.90 Å². The first-order valence-electron chi connectivity index (χ1n) is 16.1. The Labute approximate surface area is 278 Å². The third kappa shape index (κ3) is 5.30. The van der Waals surface area contributed by atoms with Crippen LogP contribution < -0.4 is 4.74 Å². The first-order valence-corrected chi connectivity index (χ1v) is 16.1. The van der Waals surface area contributed by atoms with Crippen LogP contribution in [0.1, 0.15) is 55.7 Å². The van der Waals surface area contributed by atoms with Crippen LogP contribution in [0, 0.1) is 19.7 Å². The van der Waals surface area contributed by atoms with Crippen LogP contribution in [-0.2, 0) is 30.0 Å². The monoisotopic (exact) mass is 647 g/mol. The molecule has 0 saturated carbocycles. The van der Waals surface area contributed by atoms with Gasteiger partial charge >= 0.3 is 5.97 Å². The Hall–Kier alpha value is -5.09. The number of pyridine rings is 2. The number of imidazole rings is 1. The van der Waals surface area contributed by atoms with E-state index in [2.05, 4.69) is 9.97 Å². The Morgan fingerprint density at radius 3 is 2.60 bits per heavy atom. The molecule has 7 rings (SSSR count). The molecule has 9 nitrogen and oxygen atoms in total. The summed E-state index contributed by atoms with van der Waals surface area (Å²) >= 11 is 0. The van der Waals surface area contributed by atoms with Gasteiger partial charge in [-0.3, -0.25) is 4.98 Å². The normalized spacial score (nSPS) is 13.9. The molecule has 0 spiro atoms. The van der Waals surface area contributed by atoms with Gasteiger partial charge in [0.1, 0.15) is 5.65 Å². The van der Waals surface area contributed by atoms with Crippen molar-refractivity contribution in [1.29, 1.82) is 0 Å². The zero-order valence-corrected chi connectivity index (χ0v) is 28.2. The predicted molar refractivity (Wildman–Crippen MR) is 184 cm³/mol. The van der Waals surface area contributed by atoms with Gasteiger partial charge in [-0.25, -0.2) is 19.2 Å². The van der Waals surface area contributed by atoms with Crippen molar-refractivity contribution < 1.29 is 23.8 Å². The van der Waals surface area contributed by atoms with E-state index in [4.69, 9.17) is 14.5 Å². The Morgan fingerprint density at radius 2 is 1.85 bits per heavy atom. The molecule has 1 aliphatic heterocycles. The molecular weight excluding hydrogens is 609 g/mol. The average Bonchev–Trinajstić information content (AvgIpc) is 3.59. The highest BCUT2D eigenvalue weighted by molar-refractivity contribution is 6.01.